The van der Waals surface area contributed by atoms with E-state index in [1.165, 1.54) is 39.7 Å². The van der Waals surface area contributed by atoms with E-state index in [4.69, 9.17) is 9.47 Å². The molecular weight excluding hydrogens is 414 g/mol. The first-order valence-electron chi connectivity index (χ1n) is 11.7. The minimum absolute atomic E-state index is 0.0845. The number of hydrogen-bond acceptors (Lipinski definition) is 4. The van der Waals surface area contributed by atoms with E-state index in [-0.39, 0.29) is 11.9 Å². The van der Waals surface area contributed by atoms with Crippen LogP contribution in [0.15, 0.2) is 54.6 Å². The molecule has 33 heavy (non-hydrogen) atoms. The standard InChI is InChI=1S/C28H31NO4/c1-19(30)29-25-12-11-22-16-24(10-9-23(22)17-25)26-15-20(8-14-28(31)32-2)7-13-27(26)33-18-21-5-3-4-6-21/h7,9-13,15-17,21H,3-6,8,14,18H2,1-2H3,(H,29,30). The van der Waals surface area contributed by atoms with Gasteiger partial charge in [0, 0.05) is 24.6 Å². The van der Waals surface area contributed by atoms with Gasteiger partial charge in [0.05, 0.1) is 13.7 Å². The lowest BCUT2D eigenvalue weighted by atomic mass is 9.97. The first-order valence-corrected chi connectivity index (χ1v) is 11.7. The van der Waals surface area contributed by atoms with E-state index in [0.717, 1.165) is 45.5 Å². The van der Waals surface area contributed by atoms with E-state index in [2.05, 4.69) is 29.6 Å². The average Bonchev–Trinajstić information content (AvgIpc) is 3.34. The van der Waals surface area contributed by atoms with Crippen LogP contribution >= 0.6 is 0 Å². The van der Waals surface area contributed by atoms with Gasteiger partial charge in [0.25, 0.3) is 0 Å². The van der Waals surface area contributed by atoms with Gasteiger partial charge < -0.3 is 14.8 Å². The Balaban J connectivity index is 1.64. The Labute approximate surface area is 195 Å². The number of rotatable bonds is 8. The summed E-state index contributed by atoms with van der Waals surface area (Å²) in [4.78, 5) is 23.0. The number of anilines is 1. The second-order valence-electron chi connectivity index (χ2n) is 8.83. The van der Waals surface area contributed by atoms with Gasteiger partial charge in [-0.1, -0.05) is 37.1 Å². The average molecular weight is 446 g/mol. The molecule has 0 bridgehead atoms. The number of nitrogens with one attached hydrogen (secondary N) is 1. The molecule has 0 heterocycles. The molecule has 1 saturated carbocycles. The summed E-state index contributed by atoms with van der Waals surface area (Å²) < 4.78 is 11.1. The number of methoxy groups -OCH3 is 1. The zero-order valence-electron chi connectivity index (χ0n) is 19.4. The molecule has 0 atom stereocenters. The molecule has 5 heteroatoms. The summed E-state index contributed by atoms with van der Waals surface area (Å²) >= 11 is 0. The highest BCUT2D eigenvalue weighted by molar-refractivity contribution is 5.95. The summed E-state index contributed by atoms with van der Waals surface area (Å²) in [5.74, 6) is 1.20. The van der Waals surface area contributed by atoms with E-state index < -0.39 is 0 Å². The quantitative estimate of drug-likeness (QED) is 0.423. The highest BCUT2D eigenvalue weighted by Crippen LogP contribution is 2.35. The summed E-state index contributed by atoms with van der Waals surface area (Å²) in [5, 5.41) is 4.98. The van der Waals surface area contributed by atoms with E-state index >= 15 is 0 Å². The van der Waals surface area contributed by atoms with Crippen LogP contribution in [0.4, 0.5) is 5.69 Å². The molecule has 172 valence electrons. The molecule has 1 aliphatic carbocycles. The van der Waals surface area contributed by atoms with Gasteiger partial charge in [-0.2, -0.15) is 0 Å². The number of benzene rings is 3. The van der Waals surface area contributed by atoms with Gasteiger partial charge in [-0.05, 0) is 77.4 Å². The number of hydrogen-bond donors (Lipinski definition) is 1. The van der Waals surface area contributed by atoms with Crippen molar-refractivity contribution in [2.75, 3.05) is 19.0 Å². The Kier molecular flexibility index (Phi) is 7.28. The zero-order valence-corrected chi connectivity index (χ0v) is 19.4. The molecule has 0 aliphatic heterocycles. The van der Waals surface area contributed by atoms with Gasteiger partial charge in [0.15, 0.2) is 0 Å². The maximum atomic E-state index is 11.6. The third kappa shape index (κ3) is 5.92. The lowest BCUT2D eigenvalue weighted by molar-refractivity contribution is -0.140. The topological polar surface area (TPSA) is 64.6 Å². The molecule has 5 nitrogen and oxygen atoms in total. The van der Waals surface area contributed by atoms with Gasteiger partial charge in [-0.25, -0.2) is 0 Å². The third-order valence-electron chi connectivity index (χ3n) is 6.31. The van der Waals surface area contributed by atoms with Crippen LogP contribution in [0, 0.1) is 5.92 Å². The lowest BCUT2D eigenvalue weighted by Crippen LogP contribution is -2.09. The third-order valence-corrected chi connectivity index (χ3v) is 6.31. The summed E-state index contributed by atoms with van der Waals surface area (Å²) in [5.41, 5.74) is 3.96. The molecule has 0 aromatic heterocycles. The highest BCUT2D eigenvalue weighted by Gasteiger charge is 2.17. The number of carbonyl (C=O) groups excluding carboxylic acids is 2. The van der Waals surface area contributed by atoms with Gasteiger partial charge in [0.2, 0.25) is 5.91 Å². The molecule has 3 aromatic rings. The van der Waals surface area contributed by atoms with Crippen molar-refractivity contribution in [3.05, 3.63) is 60.2 Å². The van der Waals surface area contributed by atoms with E-state index in [1.807, 2.05) is 30.3 Å². The monoisotopic (exact) mass is 445 g/mol. The van der Waals surface area contributed by atoms with Crippen molar-refractivity contribution in [3.8, 4) is 16.9 Å². The van der Waals surface area contributed by atoms with Gasteiger partial charge in [0.1, 0.15) is 5.75 Å². The zero-order chi connectivity index (χ0) is 23.2. The minimum atomic E-state index is -0.209. The Morgan fingerprint density at radius 2 is 1.73 bits per heavy atom. The first kappa shape index (κ1) is 22.8. The van der Waals surface area contributed by atoms with Crippen molar-refractivity contribution in [1.82, 2.24) is 0 Å². The molecule has 0 spiro atoms. The summed E-state index contributed by atoms with van der Waals surface area (Å²) in [6, 6.07) is 18.4. The Morgan fingerprint density at radius 3 is 2.48 bits per heavy atom. The molecule has 0 unspecified atom stereocenters. The van der Waals surface area contributed by atoms with Crippen molar-refractivity contribution in [2.45, 2.75) is 45.4 Å². The normalized spacial score (nSPS) is 13.8. The van der Waals surface area contributed by atoms with Crippen molar-refractivity contribution in [3.63, 3.8) is 0 Å². The number of ether oxygens (including phenoxy) is 2. The summed E-state index contributed by atoms with van der Waals surface area (Å²) in [6.45, 7) is 2.25. The SMILES string of the molecule is COC(=O)CCc1ccc(OCC2CCCC2)c(-c2ccc3cc(NC(C)=O)ccc3c2)c1. The molecule has 3 aromatic carbocycles. The highest BCUT2D eigenvalue weighted by atomic mass is 16.5. The number of carbonyl (C=O) groups is 2. The maximum absolute atomic E-state index is 11.6. The van der Waals surface area contributed by atoms with Crippen molar-refractivity contribution >= 4 is 28.3 Å². The van der Waals surface area contributed by atoms with Gasteiger partial charge in [-0.3, -0.25) is 9.59 Å². The lowest BCUT2D eigenvalue weighted by Gasteiger charge is -2.17. The number of fused-ring (bicyclic) bond motifs is 1. The van der Waals surface area contributed by atoms with Gasteiger partial charge >= 0.3 is 5.97 Å². The fourth-order valence-corrected chi connectivity index (χ4v) is 4.51. The van der Waals surface area contributed by atoms with E-state index in [9.17, 15) is 9.59 Å². The molecule has 1 aliphatic rings. The van der Waals surface area contributed by atoms with Crippen LogP contribution in [0.5, 0.6) is 5.75 Å². The van der Waals surface area contributed by atoms with E-state index in [0.29, 0.717) is 18.8 Å². The van der Waals surface area contributed by atoms with Crippen molar-refractivity contribution < 1.29 is 19.1 Å². The molecule has 1 N–H and O–H groups in total. The fourth-order valence-electron chi connectivity index (χ4n) is 4.51. The largest absolute Gasteiger partial charge is 0.493 e. The van der Waals surface area contributed by atoms with Crippen molar-refractivity contribution in [1.29, 1.82) is 0 Å². The first-order chi connectivity index (χ1) is 16.0. The predicted molar refractivity (Wildman–Crippen MR) is 131 cm³/mol. The fraction of sp³-hybridized carbons (Fsp3) is 0.357. The number of esters is 1. The second-order valence-corrected chi connectivity index (χ2v) is 8.83. The van der Waals surface area contributed by atoms with Crippen LogP contribution in [-0.2, 0) is 20.7 Å². The molecular formula is C28H31NO4. The van der Waals surface area contributed by atoms with Crippen LogP contribution in [0.2, 0.25) is 0 Å². The maximum Gasteiger partial charge on any atom is 0.305 e. The van der Waals surface area contributed by atoms with Crippen molar-refractivity contribution in [2.24, 2.45) is 5.92 Å². The number of aryl methyl sites for hydroxylation is 1. The Hall–Kier alpha value is -3.34. The second kappa shape index (κ2) is 10.5. The Morgan fingerprint density at radius 1 is 0.970 bits per heavy atom. The molecule has 0 saturated heterocycles. The smallest absolute Gasteiger partial charge is 0.305 e. The van der Waals surface area contributed by atoms with Crippen LogP contribution in [-0.4, -0.2) is 25.6 Å². The summed E-state index contributed by atoms with van der Waals surface area (Å²) in [6.07, 6.45) is 6.02. The molecule has 1 amide bonds. The molecule has 4 rings (SSSR count). The Bertz CT molecular complexity index is 1150. The summed E-state index contributed by atoms with van der Waals surface area (Å²) in [7, 11) is 1.42. The van der Waals surface area contributed by atoms with Crippen LogP contribution in [0.3, 0.4) is 0 Å². The minimum Gasteiger partial charge on any atom is -0.493 e. The molecule has 1 fully saturated rings. The predicted octanol–water partition coefficient (Wildman–Crippen LogP) is 6.14. The van der Waals surface area contributed by atoms with E-state index in [1.54, 1.807) is 0 Å². The van der Waals surface area contributed by atoms with Crippen LogP contribution in [0.1, 0.15) is 44.6 Å². The van der Waals surface area contributed by atoms with Crippen LogP contribution < -0.4 is 10.1 Å². The molecule has 0 radical (unpaired) electrons. The number of amides is 1. The van der Waals surface area contributed by atoms with Gasteiger partial charge in [-0.15, -0.1) is 0 Å². The van der Waals surface area contributed by atoms with Crippen LogP contribution in [0.25, 0.3) is 21.9 Å².